The zero-order chi connectivity index (χ0) is 19.3. The van der Waals surface area contributed by atoms with Crippen LogP contribution in [0.1, 0.15) is 56.2 Å². The molecule has 2 aliphatic rings. The molecule has 0 unspecified atom stereocenters. The zero-order valence-corrected chi connectivity index (χ0v) is 16.5. The predicted molar refractivity (Wildman–Crippen MR) is 102 cm³/mol. The summed E-state index contributed by atoms with van der Waals surface area (Å²) in [7, 11) is 0. The number of aromatic nitrogens is 1. The van der Waals surface area contributed by atoms with E-state index in [1.165, 1.54) is 25.7 Å². The van der Waals surface area contributed by atoms with E-state index in [0.717, 1.165) is 48.7 Å². The van der Waals surface area contributed by atoms with Crippen molar-refractivity contribution in [2.75, 3.05) is 19.6 Å². The Kier molecular flexibility index (Phi) is 6.97. The van der Waals surface area contributed by atoms with Crippen LogP contribution in [-0.4, -0.2) is 47.6 Å². The minimum atomic E-state index is -4.39. The Hall–Kier alpha value is -1.35. The standard InChI is InChI=1S/C18H28F3N5S/c1-2-22-17(23-11-16-25-15(12-27-16)18(19,20)21)24-13-7-9-26(10-8-13)14-5-3-4-6-14/h12-14H,2-11H2,1H3,(H2,22,23,24). The maximum Gasteiger partial charge on any atom is 0.434 e. The Morgan fingerprint density at radius 3 is 2.56 bits per heavy atom. The molecule has 0 aromatic carbocycles. The largest absolute Gasteiger partial charge is 0.434 e. The van der Waals surface area contributed by atoms with Crippen LogP contribution in [0.2, 0.25) is 0 Å². The lowest BCUT2D eigenvalue weighted by atomic mass is 10.0. The molecule has 1 aliphatic carbocycles. The summed E-state index contributed by atoms with van der Waals surface area (Å²) >= 11 is 0.997. The number of alkyl halides is 3. The van der Waals surface area contributed by atoms with Crippen LogP contribution in [0.25, 0.3) is 0 Å². The number of hydrogen-bond donors (Lipinski definition) is 2. The smallest absolute Gasteiger partial charge is 0.357 e. The number of rotatable bonds is 5. The van der Waals surface area contributed by atoms with E-state index in [0.29, 0.717) is 23.6 Å². The van der Waals surface area contributed by atoms with E-state index in [1.54, 1.807) is 0 Å². The van der Waals surface area contributed by atoms with Crippen LogP contribution in [0.4, 0.5) is 13.2 Å². The van der Waals surface area contributed by atoms with Gasteiger partial charge in [-0.25, -0.2) is 9.98 Å². The number of thiazole rings is 1. The first-order chi connectivity index (χ1) is 13.0. The van der Waals surface area contributed by atoms with Gasteiger partial charge in [0.25, 0.3) is 0 Å². The van der Waals surface area contributed by atoms with Crippen molar-refractivity contribution in [3.63, 3.8) is 0 Å². The molecular weight excluding hydrogens is 375 g/mol. The summed E-state index contributed by atoms with van der Waals surface area (Å²) in [4.78, 5) is 10.7. The summed E-state index contributed by atoms with van der Waals surface area (Å²) in [6.45, 7) is 5.03. The first-order valence-corrected chi connectivity index (χ1v) is 10.6. The number of likely N-dealkylation sites (tertiary alicyclic amines) is 1. The predicted octanol–water partition coefficient (Wildman–Crippen LogP) is 3.62. The van der Waals surface area contributed by atoms with Gasteiger partial charge in [-0.05, 0) is 32.6 Å². The fourth-order valence-corrected chi connectivity index (χ4v) is 4.58. The van der Waals surface area contributed by atoms with Crippen molar-refractivity contribution in [2.45, 2.75) is 70.3 Å². The van der Waals surface area contributed by atoms with Gasteiger partial charge in [-0.2, -0.15) is 13.2 Å². The number of nitrogens with one attached hydrogen (secondary N) is 2. The highest BCUT2D eigenvalue weighted by molar-refractivity contribution is 7.09. The Morgan fingerprint density at radius 2 is 1.96 bits per heavy atom. The molecular formula is C18H28F3N5S. The minimum absolute atomic E-state index is 0.150. The molecule has 1 aliphatic heterocycles. The summed E-state index contributed by atoms with van der Waals surface area (Å²) in [6.07, 6.45) is 3.10. The molecule has 152 valence electrons. The number of hydrogen-bond acceptors (Lipinski definition) is 4. The van der Waals surface area contributed by atoms with Crippen molar-refractivity contribution in [2.24, 2.45) is 4.99 Å². The van der Waals surface area contributed by atoms with E-state index in [4.69, 9.17) is 0 Å². The lowest BCUT2D eigenvalue weighted by Gasteiger charge is -2.36. The summed E-state index contributed by atoms with van der Waals surface area (Å²) in [6, 6.07) is 1.11. The van der Waals surface area contributed by atoms with Crippen molar-refractivity contribution < 1.29 is 13.2 Å². The molecule has 0 atom stereocenters. The molecule has 1 aromatic heterocycles. The average molecular weight is 404 g/mol. The molecule has 2 N–H and O–H groups in total. The molecule has 0 amide bonds. The van der Waals surface area contributed by atoms with Crippen molar-refractivity contribution in [1.29, 1.82) is 0 Å². The summed E-state index contributed by atoms with van der Waals surface area (Å²) in [5.41, 5.74) is -0.838. The molecule has 27 heavy (non-hydrogen) atoms. The quantitative estimate of drug-likeness (QED) is 0.582. The van der Waals surface area contributed by atoms with Crippen LogP contribution in [-0.2, 0) is 12.7 Å². The maximum atomic E-state index is 12.7. The van der Waals surface area contributed by atoms with Crippen LogP contribution < -0.4 is 10.6 Å². The second kappa shape index (κ2) is 9.23. The van der Waals surface area contributed by atoms with Gasteiger partial charge in [0.2, 0.25) is 0 Å². The maximum absolute atomic E-state index is 12.7. The molecule has 0 bridgehead atoms. The molecule has 2 fully saturated rings. The Bertz CT molecular complexity index is 617. The van der Waals surface area contributed by atoms with Gasteiger partial charge < -0.3 is 15.5 Å². The van der Waals surface area contributed by atoms with Gasteiger partial charge in [0.05, 0.1) is 6.54 Å². The Balaban J connectivity index is 1.51. The van der Waals surface area contributed by atoms with Crippen LogP contribution in [0.5, 0.6) is 0 Å². The number of nitrogens with zero attached hydrogens (tertiary/aromatic N) is 3. The molecule has 3 rings (SSSR count). The third kappa shape index (κ3) is 5.81. The van der Waals surface area contributed by atoms with Crippen molar-refractivity contribution >= 4 is 17.3 Å². The molecule has 1 saturated carbocycles. The minimum Gasteiger partial charge on any atom is -0.357 e. The number of guanidine groups is 1. The highest BCUT2D eigenvalue weighted by Crippen LogP contribution is 2.30. The normalized spacial score (nSPS) is 21.0. The van der Waals surface area contributed by atoms with Gasteiger partial charge in [-0.1, -0.05) is 12.8 Å². The summed E-state index contributed by atoms with van der Waals surface area (Å²) in [5.74, 6) is 0.653. The van der Waals surface area contributed by atoms with Gasteiger partial charge in [-0.3, -0.25) is 0 Å². The zero-order valence-electron chi connectivity index (χ0n) is 15.7. The fraction of sp³-hybridized carbons (Fsp3) is 0.778. The molecule has 0 spiro atoms. The first kappa shape index (κ1) is 20.4. The van der Waals surface area contributed by atoms with E-state index in [2.05, 4.69) is 25.5 Å². The van der Waals surface area contributed by atoms with E-state index in [1.807, 2.05) is 6.92 Å². The third-order valence-electron chi connectivity index (χ3n) is 5.27. The van der Waals surface area contributed by atoms with Crippen LogP contribution >= 0.6 is 11.3 Å². The number of aliphatic imine (C=N–C) groups is 1. The lowest BCUT2D eigenvalue weighted by Crippen LogP contribution is -2.50. The van der Waals surface area contributed by atoms with Crippen LogP contribution in [0, 0.1) is 0 Å². The molecule has 9 heteroatoms. The van der Waals surface area contributed by atoms with Gasteiger partial charge in [0, 0.05) is 37.1 Å². The van der Waals surface area contributed by atoms with Crippen molar-refractivity contribution in [3.8, 4) is 0 Å². The average Bonchev–Trinajstić information content (AvgIpc) is 3.32. The second-order valence-electron chi connectivity index (χ2n) is 7.21. The van der Waals surface area contributed by atoms with E-state index in [-0.39, 0.29) is 6.54 Å². The van der Waals surface area contributed by atoms with E-state index < -0.39 is 11.9 Å². The van der Waals surface area contributed by atoms with Crippen molar-refractivity contribution in [3.05, 3.63) is 16.1 Å². The molecule has 1 saturated heterocycles. The highest BCUT2D eigenvalue weighted by Gasteiger charge is 2.33. The number of halogens is 3. The van der Waals surface area contributed by atoms with E-state index >= 15 is 0 Å². The fourth-order valence-electron chi connectivity index (χ4n) is 3.85. The summed E-state index contributed by atoms with van der Waals surface area (Å²) < 4.78 is 38.0. The summed E-state index contributed by atoms with van der Waals surface area (Å²) in [5, 5.41) is 8.04. The Labute approximate surface area is 162 Å². The highest BCUT2D eigenvalue weighted by atomic mass is 32.1. The monoisotopic (exact) mass is 403 g/mol. The van der Waals surface area contributed by atoms with Gasteiger partial charge >= 0.3 is 6.18 Å². The van der Waals surface area contributed by atoms with Crippen LogP contribution in [0.15, 0.2) is 10.4 Å². The molecule has 2 heterocycles. The Morgan fingerprint density at radius 1 is 1.26 bits per heavy atom. The van der Waals surface area contributed by atoms with Gasteiger partial charge in [0.15, 0.2) is 11.7 Å². The van der Waals surface area contributed by atoms with Crippen LogP contribution in [0.3, 0.4) is 0 Å². The van der Waals surface area contributed by atoms with Gasteiger partial charge in [0.1, 0.15) is 5.01 Å². The molecule has 0 radical (unpaired) electrons. The SMILES string of the molecule is CCNC(=NCc1nc(C(F)(F)F)cs1)NC1CCN(C2CCCC2)CC1. The second-order valence-corrected chi connectivity index (χ2v) is 8.15. The van der Waals surface area contributed by atoms with E-state index in [9.17, 15) is 13.2 Å². The third-order valence-corrected chi connectivity index (χ3v) is 6.10. The van der Waals surface area contributed by atoms with Crippen molar-refractivity contribution in [1.82, 2.24) is 20.5 Å². The van der Waals surface area contributed by atoms with Gasteiger partial charge in [-0.15, -0.1) is 11.3 Å². The molecule has 1 aromatic rings. The first-order valence-electron chi connectivity index (χ1n) is 9.76. The number of piperidine rings is 1. The lowest BCUT2D eigenvalue weighted by molar-refractivity contribution is -0.140. The molecule has 5 nitrogen and oxygen atoms in total. The topological polar surface area (TPSA) is 52.6 Å².